The van der Waals surface area contributed by atoms with Crippen molar-refractivity contribution in [2.24, 2.45) is 0 Å². The molecule has 0 fully saturated rings. The van der Waals surface area contributed by atoms with Gasteiger partial charge in [-0.05, 0) is 24.6 Å². The number of hydrogen-bond donors (Lipinski definition) is 1. The molecule has 3 heteroatoms. The van der Waals surface area contributed by atoms with Gasteiger partial charge in [0.1, 0.15) is 11.6 Å². The van der Waals surface area contributed by atoms with E-state index in [9.17, 15) is 9.50 Å². The van der Waals surface area contributed by atoms with Gasteiger partial charge < -0.3 is 9.84 Å². The van der Waals surface area contributed by atoms with Crippen molar-refractivity contribution in [3.05, 3.63) is 65.0 Å². The van der Waals surface area contributed by atoms with Gasteiger partial charge in [0.25, 0.3) is 0 Å². The number of halogens is 1. The van der Waals surface area contributed by atoms with Crippen LogP contribution in [-0.4, -0.2) is 12.2 Å². The van der Waals surface area contributed by atoms with E-state index in [4.69, 9.17) is 4.74 Å². The van der Waals surface area contributed by atoms with Gasteiger partial charge in [-0.15, -0.1) is 0 Å². The summed E-state index contributed by atoms with van der Waals surface area (Å²) in [6.07, 6.45) is -0.460. The molecule has 0 saturated carbocycles. The van der Waals surface area contributed by atoms with Crippen LogP contribution in [0.25, 0.3) is 0 Å². The van der Waals surface area contributed by atoms with E-state index in [0.717, 1.165) is 11.1 Å². The molecule has 0 amide bonds. The summed E-state index contributed by atoms with van der Waals surface area (Å²) >= 11 is 0. The zero-order valence-corrected chi connectivity index (χ0v) is 11.1. The minimum Gasteiger partial charge on any atom is -0.497 e. The first kappa shape index (κ1) is 13.6. The number of ether oxygens (including phenoxy) is 1. The SMILES string of the molecule is COc1ccc(C(O)Cc2cccc(C)c2)c(F)c1. The normalized spacial score (nSPS) is 12.2. The van der Waals surface area contributed by atoms with E-state index in [-0.39, 0.29) is 0 Å². The fourth-order valence-electron chi connectivity index (χ4n) is 2.08. The van der Waals surface area contributed by atoms with E-state index >= 15 is 0 Å². The van der Waals surface area contributed by atoms with Crippen molar-refractivity contribution in [2.45, 2.75) is 19.4 Å². The predicted octanol–water partition coefficient (Wildman–Crippen LogP) is 3.42. The molecule has 0 saturated heterocycles. The summed E-state index contributed by atoms with van der Waals surface area (Å²) in [6.45, 7) is 1.99. The van der Waals surface area contributed by atoms with Crippen LogP contribution in [0.3, 0.4) is 0 Å². The molecule has 1 atom stereocenters. The van der Waals surface area contributed by atoms with Gasteiger partial charge in [-0.3, -0.25) is 0 Å². The summed E-state index contributed by atoms with van der Waals surface area (Å²) in [5.74, 6) is 0.00325. The summed E-state index contributed by atoms with van der Waals surface area (Å²) in [4.78, 5) is 0. The second kappa shape index (κ2) is 5.85. The smallest absolute Gasteiger partial charge is 0.132 e. The first-order valence-electron chi connectivity index (χ1n) is 6.17. The molecule has 1 unspecified atom stereocenters. The number of methoxy groups -OCH3 is 1. The standard InChI is InChI=1S/C16H17FO2/c1-11-4-3-5-12(8-11)9-16(18)14-7-6-13(19-2)10-15(14)17/h3-8,10,16,18H,9H2,1-2H3. The molecule has 2 rings (SSSR count). The lowest BCUT2D eigenvalue weighted by Crippen LogP contribution is -2.04. The van der Waals surface area contributed by atoms with Gasteiger partial charge in [-0.1, -0.05) is 29.8 Å². The van der Waals surface area contributed by atoms with E-state index in [1.807, 2.05) is 31.2 Å². The largest absolute Gasteiger partial charge is 0.497 e. The van der Waals surface area contributed by atoms with Crippen molar-refractivity contribution in [3.8, 4) is 5.75 Å². The van der Waals surface area contributed by atoms with E-state index < -0.39 is 11.9 Å². The molecular weight excluding hydrogens is 243 g/mol. The van der Waals surface area contributed by atoms with E-state index in [2.05, 4.69) is 0 Å². The van der Waals surface area contributed by atoms with Gasteiger partial charge >= 0.3 is 0 Å². The van der Waals surface area contributed by atoms with E-state index in [1.54, 1.807) is 12.1 Å². The maximum absolute atomic E-state index is 13.8. The average molecular weight is 260 g/mol. The van der Waals surface area contributed by atoms with Gasteiger partial charge in [-0.25, -0.2) is 4.39 Å². The third-order valence-corrected chi connectivity index (χ3v) is 3.08. The molecule has 0 spiro atoms. The van der Waals surface area contributed by atoms with Gasteiger partial charge in [0, 0.05) is 18.1 Å². The molecule has 0 radical (unpaired) electrons. The van der Waals surface area contributed by atoms with Crippen LogP contribution < -0.4 is 4.74 Å². The van der Waals surface area contributed by atoms with Crippen molar-refractivity contribution < 1.29 is 14.2 Å². The van der Waals surface area contributed by atoms with Gasteiger partial charge in [0.15, 0.2) is 0 Å². The number of rotatable bonds is 4. The first-order chi connectivity index (χ1) is 9.10. The Morgan fingerprint density at radius 1 is 1.21 bits per heavy atom. The Kier molecular flexibility index (Phi) is 4.17. The Balaban J connectivity index is 2.18. The summed E-state index contributed by atoms with van der Waals surface area (Å²) < 4.78 is 18.8. The third kappa shape index (κ3) is 3.32. The lowest BCUT2D eigenvalue weighted by atomic mass is 10.00. The van der Waals surface area contributed by atoms with E-state index in [0.29, 0.717) is 17.7 Å². The van der Waals surface area contributed by atoms with Crippen LogP contribution >= 0.6 is 0 Å². The second-order valence-electron chi connectivity index (χ2n) is 4.60. The fourth-order valence-corrected chi connectivity index (χ4v) is 2.08. The van der Waals surface area contributed by atoms with Gasteiger partial charge in [-0.2, -0.15) is 0 Å². The lowest BCUT2D eigenvalue weighted by molar-refractivity contribution is 0.173. The minimum absolute atomic E-state index is 0.294. The highest BCUT2D eigenvalue weighted by atomic mass is 19.1. The van der Waals surface area contributed by atoms with Crippen molar-refractivity contribution in [2.75, 3.05) is 7.11 Å². The number of hydrogen-bond acceptors (Lipinski definition) is 2. The number of aliphatic hydroxyl groups excluding tert-OH is 1. The minimum atomic E-state index is -0.854. The van der Waals surface area contributed by atoms with Crippen LogP contribution in [0.15, 0.2) is 42.5 Å². The van der Waals surface area contributed by atoms with Crippen molar-refractivity contribution >= 4 is 0 Å². The van der Waals surface area contributed by atoms with Crippen LogP contribution in [0.2, 0.25) is 0 Å². The third-order valence-electron chi connectivity index (χ3n) is 3.08. The Morgan fingerprint density at radius 2 is 2.00 bits per heavy atom. The zero-order valence-electron chi connectivity index (χ0n) is 11.1. The quantitative estimate of drug-likeness (QED) is 0.912. The summed E-state index contributed by atoms with van der Waals surface area (Å²) in [6, 6.07) is 12.3. The number of benzene rings is 2. The van der Waals surface area contributed by atoms with Crippen LogP contribution in [0.4, 0.5) is 4.39 Å². The second-order valence-corrected chi connectivity index (χ2v) is 4.60. The lowest BCUT2D eigenvalue weighted by Gasteiger charge is -2.13. The maximum Gasteiger partial charge on any atom is 0.132 e. The molecule has 0 aliphatic heterocycles. The maximum atomic E-state index is 13.8. The molecule has 0 aliphatic carbocycles. The van der Waals surface area contributed by atoms with Crippen LogP contribution in [0.1, 0.15) is 22.8 Å². The number of aliphatic hydroxyl groups is 1. The van der Waals surface area contributed by atoms with Crippen LogP contribution in [0.5, 0.6) is 5.75 Å². The highest BCUT2D eigenvalue weighted by Crippen LogP contribution is 2.24. The monoisotopic (exact) mass is 260 g/mol. The van der Waals surface area contributed by atoms with Crippen molar-refractivity contribution in [3.63, 3.8) is 0 Å². The molecular formula is C16H17FO2. The molecule has 2 nitrogen and oxygen atoms in total. The molecule has 100 valence electrons. The molecule has 0 bridgehead atoms. The molecule has 1 N–H and O–H groups in total. The van der Waals surface area contributed by atoms with E-state index in [1.165, 1.54) is 13.2 Å². The van der Waals surface area contributed by atoms with Crippen molar-refractivity contribution in [1.29, 1.82) is 0 Å². The highest BCUT2D eigenvalue weighted by molar-refractivity contribution is 5.31. The topological polar surface area (TPSA) is 29.5 Å². The zero-order chi connectivity index (χ0) is 13.8. The Labute approximate surface area is 112 Å². The first-order valence-corrected chi connectivity index (χ1v) is 6.17. The average Bonchev–Trinajstić information content (AvgIpc) is 2.38. The van der Waals surface area contributed by atoms with Gasteiger partial charge in [0.2, 0.25) is 0 Å². The summed E-state index contributed by atoms with van der Waals surface area (Å²) in [5, 5.41) is 10.1. The molecule has 0 heterocycles. The predicted molar refractivity (Wildman–Crippen MR) is 72.8 cm³/mol. The highest BCUT2D eigenvalue weighted by Gasteiger charge is 2.14. The fraction of sp³-hybridized carbons (Fsp3) is 0.250. The number of aryl methyl sites for hydroxylation is 1. The molecule has 0 aromatic heterocycles. The van der Waals surface area contributed by atoms with Crippen LogP contribution in [0, 0.1) is 12.7 Å². The Hall–Kier alpha value is -1.87. The Bertz CT molecular complexity index is 566. The van der Waals surface area contributed by atoms with Crippen molar-refractivity contribution in [1.82, 2.24) is 0 Å². The molecule has 0 aliphatic rings. The molecule has 19 heavy (non-hydrogen) atoms. The summed E-state index contributed by atoms with van der Waals surface area (Å²) in [5.41, 5.74) is 2.41. The van der Waals surface area contributed by atoms with Crippen LogP contribution in [-0.2, 0) is 6.42 Å². The summed E-state index contributed by atoms with van der Waals surface area (Å²) in [7, 11) is 1.48. The molecule has 2 aromatic carbocycles. The molecule has 2 aromatic rings. The van der Waals surface area contributed by atoms with Gasteiger partial charge in [0.05, 0.1) is 13.2 Å². The Morgan fingerprint density at radius 3 is 2.63 bits per heavy atom.